The number of nitrogens with zero attached hydrogens (tertiary/aromatic N) is 4. The molecule has 0 spiro atoms. The topological polar surface area (TPSA) is 81.4 Å². The van der Waals surface area contributed by atoms with Crippen molar-refractivity contribution in [2.45, 2.75) is 38.7 Å². The zero-order valence-corrected chi connectivity index (χ0v) is 14.0. The fourth-order valence-electron chi connectivity index (χ4n) is 2.63. The zero-order chi connectivity index (χ0) is 16.9. The summed E-state index contributed by atoms with van der Waals surface area (Å²) >= 11 is 0. The van der Waals surface area contributed by atoms with Gasteiger partial charge in [0.1, 0.15) is 6.10 Å². The van der Waals surface area contributed by atoms with E-state index in [2.05, 4.69) is 15.1 Å². The van der Waals surface area contributed by atoms with Gasteiger partial charge in [-0.2, -0.15) is 4.98 Å². The maximum atomic E-state index is 12.5. The molecule has 3 heterocycles. The second kappa shape index (κ2) is 7.53. The maximum absolute atomic E-state index is 12.5. The fourth-order valence-corrected chi connectivity index (χ4v) is 2.63. The van der Waals surface area contributed by atoms with Crippen LogP contribution in [0.25, 0.3) is 0 Å². The van der Waals surface area contributed by atoms with Gasteiger partial charge >= 0.3 is 0 Å². The molecule has 24 heavy (non-hydrogen) atoms. The number of rotatable bonds is 5. The molecular formula is C17H22N4O3. The summed E-state index contributed by atoms with van der Waals surface area (Å²) in [5.74, 6) is 1.51. The third kappa shape index (κ3) is 3.97. The van der Waals surface area contributed by atoms with Crippen molar-refractivity contribution >= 4 is 5.91 Å². The number of ether oxygens (including phenoxy) is 1. The number of hydrogen-bond donors (Lipinski definition) is 0. The number of carbonyl (C=O) groups excluding carboxylic acids is 1. The average Bonchev–Trinajstić information content (AvgIpc) is 3.10. The van der Waals surface area contributed by atoms with Gasteiger partial charge in [0.2, 0.25) is 11.8 Å². The minimum Gasteiger partial charge on any atom is -0.370 e. The quantitative estimate of drug-likeness (QED) is 0.835. The molecule has 0 radical (unpaired) electrons. The van der Waals surface area contributed by atoms with Crippen molar-refractivity contribution in [3.63, 3.8) is 0 Å². The number of carbonyl (C=O) groups is 1. The van der Waals surface area contributed by atoms with Crippen molar-refractivity contribution in [2.75, 3.05) is 19.7 Å². The first-order valence-electron chi connectivity index (χ1n) is 8.25. The molecule has 1 saturated heterocycles. The van der Waals surface area contributed by atoms with Crippen LogP contribution in [0, 0.1) is 0 Å². The van der Waals surface area contributed by atoms with Gasteiger partial charge in [0, 0.05) is 37.7 Å². The number of aromatic nitrogens is 3. The van der Waals surface area contributed by atoms with Crippen LogP contribution in [-0.2, 0) is 16.0 Å². The number of pyridine rings is 1. The summed E-state index contributed by atoms with van der Waals surface area (Å²) in [7, 11) is 0. The number of aryl methyl sites for hydroxylation is 1. The summed E-state index contributed by atoms with van der Waals surface area (Å²) in [6.45, 7) is 5.72. The van der Waals surface area contributed by atoms with E-state index in [4.69, 9.17) is 9.26 Å². The van der Waals surface area contributed by atoms with Crippen LogP contribution in [0.4, 0.5) is 0 Å². The highest BCUT2D eigenvalue weighted by molar-refractivity contribution is 5.76. The molecule has 128 valence electrons. The smallest absolute Gasteiger partial charge is 0.227 e. The molecule has 7 nitrogen and oxygen atoms in total. The summed E-state index contributed by atoms with van der Waals surface area (Å²) in [5, 5.41) is 3.92. The van der Waals surface area contributed by atoms with Crippen LogP contribution in [0.1, 0.15) is 49.6 Å². The Kier molecular flexibility index (Phi) is 5.20. The van der Waals surface area contributed by atoms with E-state index in [0.717, 1.165) is 5.56 Å². The summed E-state index contributed by atoms with van der Waals surface area (Å²) < 4.78 is 11.0. The van der Waals surface area contributed by atoms with Crippen LogP contribution < -0.4 is 0 Å². The normalized spacial score (nSPS) is 18.1. The standard InChI is InChI=1S/C17H22N4O3/c1-12(2)17-19-15(24-20-17)3-4-16(22)21-9-10-23-14(11-21)13-5-7-18-8-6-13/h5-8,12,14H,3-4,9-11H2,1-2H3. The van der Waals surface area contributed by atoms with E-state index >= 15 is 0 Å². The SMILES string of the molecule is CC(C)c1noc(CCC(=O)N2CCOC(c3ccncc3)C2)n1. The Morgan fingerprint density at radius 2 is 2.17 bits per heavy atom. The molecule has 1 aliphatic heterocycles. The highest BCUT2D eigenvalue weighted by Crippen LogP contribution is 2.22. The molecule has 1 atom stereocenters. The molecule has 1 unspecified atom stereocenters. The second-order valence-corrected chi connectivity index (χ2v) is 6.18. The Morgan fingerprint density at radius 3 is 2.88 bits per heavy atom. The first kappa shape index (κ1) is 16.6. The lowest BCUT2D eigenvalue weighted by atomic mass is 10.1. The first-order valence-corrected chi connectivity index (χ1v) is 8.25. The molecule has 0 N–H and O–H groups in total. The lowest BCUT2D eigenvalue weighted by Gasteiger charge is -2.33. The van der Waals surface area contributed by atoms with Crippen molar-refractivity contribution in [2.24, 2.45) is 0 Å². The minimum atomic E-state index is -0.0957. The van der Waals surface area contributed by atoms with Gasteiger partial charge < -0.3 is 14.2 Å². The van der Waals surface area contributed by atoms with Gasteiger partial charge in [0.15, 0.2) is 5.82 Å². The Morgan fingerprint density at radius 1 is 1.38 bits per heavy atom. The van der Waals surface area contributed by atoms with Gasteiger partial charge in [0.25, 0.3) is 0 Å². The van der Waals surface area contributed by atoms with Gasteiger partial charge in [-0.3, -0.25) is 9.78 Å². The van der Waals surface area contributed by atoms with Crippen molar-refractivity contribution in [1.29, 1.82) is 0 Å². The maximum Gasteiger partial charge on any atom is 0.227 e. The van der Waals surface area contributed by atoms with Crippen LogP contribution in [0.15, 0.2) is 29.0 Å². The molecule has 1 aliphatic rings. The van der Waals surface area contributed by atoms with Gasteiger partial charge in [-0.25, -0.2) is 0 Å². The highest BCUT2D eigenvalue weighted by Gasteiger charge is 2.25. The predicted octanol–water partition coefficient (Wildman–Crippen LogP) is 2.12. The minimum absolute atomic E-state index is 0.0849. The largest absolute Gasteiger partial charge is 0.370 e. The van der Waals surface area contributed by atoms with Crippen LogP contribution >= 0.6 is 0 Å². The summed E-state index contributed by atoms with van der Waals surface area (Å²) in [6.07, 6.45) is 4.21. The average molecular weight is 330 g/mol. The fraction of sp³-hybridized carbons (Fsp3) is 0.529. The van der Waals surface area contributed by atoms with E-state index in [-0.39, 0.29) is 17.9 Å². The summed E-state index contributed by atoms with van der Waals surface area (Å²) in [6, 6.07) is 3.84. The Bertz CT molecular complexity index is 671. The van der Waals surface area contributed by atoms with Gasteiger partial charge in [-0.05, 0) is 17.7 Å². The Hall–Kier alpha value is -2.28. The van der Waals surface area contributed by atoms with E-state index in [9.17, 15) is 4.79 Å². The number of amides is 1. The van der Waals surface area contributed by atoms with Crippen molar-refractivity contribution in [3.8, 4) is 0 Å². The van der Waals surface area contributed by atoms with Crippen molar-refractivity contribution in [1.82, 2.24) is 20.0 Å². The molecule has 2 aromatic heterocycles. The molecule has 2 aromatic rings. The van der Waals surface area contributed by atoms with E-state index in [0.29, 0.717) is 44.3 Å². The molecule has 0 bridgehead atoms. The number of morpholine rings is 1. The monoisotopic (exact) mass is 330 g/mol. The second-order valence-electron chi connectivity index (χ2n) is 6.18. The van der Waals surface area contributed by atoms with Crippen LogP contribution in [0.2, 0.25) is 0 Å². The Balaban J connectivity index is 1.54. The molecule has 1 amide bonds. The predicted molar refractivity (Wildman–Crippen MR) is 86.2 cm³/mol. The van der Waals surface area contributed by atoms with E-state index in [1.807, 2.05) is 30.9 Å². The molecule has 0 saturated carbocycles. The third-order valence-corrected chi connectivity index (χ3v) is 4.05. The first-order chi connectivity index (χ1) is 11.6. The molecule has 7 heteroatoms. The van der Waals surface area contributed by atoms with Gasteiger partial charge in [-0.1, -0.05) is 19.0 Å². The van der Waals surface area contributed by atoms with E-state index in [1.165, 1.54) is 0 Å². The summed E-state index contributed by atoms with van der Waals surface area (Å²) in [5.41, 5.74) is 1.04. The molecule has 3 rings (SSSR count). The van der Waals surface area contributed by atoms with Crippen LogP contribution in [-0.4, -0.2) is 45.6 Å². The molecule has 0 aromatic carbocycles. The molecule has 1 fully saturated rings. The third-order valence-electron chi connectivity index (χ3n) is 4.05. The lowest BCUT2D eigenvalue weighted by molar-refractivity contribution is -0.139. The molecular weight excluding hydrogens is 308 g/mol. The lowest BCUT2D eigenvalue weighted by Crippen LogP contribution is -2.42. The van der Waals surface area contributed by atoms with Gasteiger partial charge in [0.05, 0.1) is 13.2 Å². The van der Waals surface area contributed by atoms with E-state index in [1.54, 1.807) is 12.4 Å². The van der Waals surface area contributed by atoms with Gasteiger partial charge in [-0.15, -0.1) is 0 Å². The number of hydrogen-bond acceptors (Lipinski definition) is 6. The zero-order valence-electron chi connectivity index (χ0n) is 14.0. The van der Waals surface area contributed by atoms with E-state index < -0.39 is 0 Å². The molecule has 0 aliphatic carbocycles. The Labute approximate surface area is 141 Å². The van der Waals surface area contributed by atoms with Crippen molar-refractivity contribution in [3.05, 3.63) is 41.8 Å². The van der Waals surface area contributed by atoms with Crippen molar-refractivity contribution < 1.29 is 14.1 Å². The highest BCUT2D eigenvalue weighted by atomic mass is 16.5. The summed E-state index contributed by atoms with van der Waals surface area (Å²) in [4.78, 5) is 22.6. The van der Waals surface area contributed by atoms with Crippen LogP contribution in [0.3, 0.4) is 0 Å². The van der Waals surface area contributed by atoms with Crippen LogP contribution in [0.5, 0.6) is 0 Å².